The number of carboxylic acids is 1. The number of hydrogen-bond donors (Lipinski definition) is 2. The molecule has 0 amide bonds. The zero-order valence-electron chi connectivity index (χ0n) is 10.2. The van der Waals surface area contributed by atoms with E-state index in [9.17, 15) is 9.59 Å². The highest BCUT2D eigenvalue weighted by Gasteiger charge is 2.25. The lowest BCUT2D eigenvalue weighted by Crippen LogP contribution is -2.21. The fraction of sp³-hybridized carbons (Fsp3) is 0.250. The number of nitrogen functional groups attached to an aromatic ring is 1. The summed E-state index contributed by atoms with van der Waals surface area (Å²) in [6.45, 7) is 1.73. The Bertz CT molecular complexity index is 604. The van der Waals surface area contributed by atoms with Gasteiger partial charge < -0.3 is 10.8 Å². The van der Waals surface area contributed by atoms with Gasteiger partial charge in [-0.2, -0.15) is 5.10 Å². The average molecular weight is 279 g/mol. The first-order valence-electron chi connectivity index (χ1n) is 5.70. The number of nitrogens with two attached hydrogens (primary N) is 1. The molecule has 2 aromatic rings. The zero-order valence-corrected chi connectivity index (χ0v) is 11.1. The van der Waals surface area contributed by atoms with Gasteiger partial charge in [-0.1, -0.05) is 13.0 Å². The SMILES string of the molecule is CCC(C(=O)O)n1nc(-c2cccs2)c(C=O)c1N. The van der Waals surface area contributed by atoms with Crippen LogP contribution in [0.2, 0.25) is 0 Å². The number of aldehydes is 1. The van der Waals surface area contributed by atoms with Crippen molar-refractivity contribution in [3.8, 4) is 10.6 Å². The van der Waals surface area contributed by atoms with Gasteiger partial charge in [-0.25, -0.2) is 9.48 Å². The first-order valence-corrected chi connectivity index (χ1v) is 6.58. The molecular formula is C12H13N3O3S. The van der Waals surface area contributed by atoms with Crippen molar-refractivity contribution in [3.63, 3.8) is 0 Å². The normalized spacial score (nSPS) is 12.3. The maximum Gasteiger partial charge on any atom is 0.328 e. The molecule has 19 heavy (non-hydrogen) atoms. The Kier molecular flexibility index (Phi) is 3.66. The van der Waals surface area contributed by atoms with Crippen molar-refractivity contribution in [2.45, 2.75) is 19.4 Å². The molecule has 0 aromatic carbocycles. The van der Waals surface area contributed by atoms with Crippen molar-refractivity contribution >= 4 is 29.4 Å². The smallest absolute Gasteiger partial charge is 0.328 e. The third-order valence-corrected chi connectivity index (χ3v) is 3.70. The van der Waals surface area contributed by atoms with E-state index in [1.165, 1.54) is 16.0 Å². The number of aliphatic carboxylic acids is 1. The Morgan fingerprint density at radius 1 is 1.68 bits per heavy atom. The van der Waals surface area contributed by atoms with Crippen LogP contribution in [0.3, 0.4) is 0 Å². The summed E-state index contributed by atoms with van der Waals surface area (Å²) in [4.78, 5) is 23.1. The largest absolute Gasteiger partial charge is 0.480 e. The molecule has 3 N–H and O–H groups in total. The topological polar surface area (TPSA) is 98.2 Å². The molecule has 7 heteroatoms. The monoisotopic (exact) mass is 279 g/mol. The van der Waals surface area contributed by atoms with Crippen molar-refractivity contribution in [1.82, 2.24) is 9.78 Å². The minimum Gasteiger partial charge on any atom is -0.480 e. The molecule has 0 saturated heterocycles. The van der Waals surface area contributed by atoms with Crippen LogP contribution in [-0.2, 0) is 4.79 Å². The van der Waals surface area contributed by atoms with Gasteiger partial charge in [0.1, 0.15) is 11.5 Å². The number of carboxylic acid groups (broad SMARTS) is 1. The van der Waals surface area contributed by atoms with Gasteiger partial charge in [-0.3, -0.25) is 4.79 Å². The molecule has 0 fully saturated rings. The van der Waals surface area contributed by atoms with E-state index in [2.05, 4.69) is 5.10 Å². The highest BCUT2D eigenvalue weighted by Crippen LogP contribution is 2.31. The summed E-state index contributed by atoms with van der Waals surface area (Å²) in [6, 6.07) is 2.77. The third-order valence-electron chi connectivity index (χ3n) is 2.83. The molecule has 0 bridgehead atoms. The first-order chi connectivity index (χ1) is 9.10. The predicted octanol–water partition coefficient (Wildman–Crippen LogP) is 2.04. The van der Waals surface area contributed by atoms with E-state index in [4.69, 9.17) is 10.8 Å². The van der Waals surface area contributed by atoms with Crippen LogP contribution in [0.1, 0.15) is 29.7 Å². The minimum absolute atomic E-state index is 0.0904. The van der Waals surface area contributed by atoms with E-state index >= 15 is 0 Å². The molecular weight excluding hydrogens is 266 g/mol. The van der Waals surface area contributed by atoms with Crippen molar-refractivity contribution < 1.29 is 14.7 Å². The van der Waals surface area contributed by atoms with Crippen molar-refractivity contribution in [3.05, 3.63) is 23.1 Å². The van der Waals surface area contributed by atoms with E-state index in [-0.39, 0.29) is 11.4 Å². The van der Waals surface area contributed by atoms with E-state index < -0.39 is 12.0 Å². The summed E-state index contributed by atoms with van der Waals surface area (Å²) in [5.41, 5.74) is 6.52. The molecule has 100 valence electrons. The number of carbonyl (C=O) groups is 2. The number of carbonyl (C=O) groups excluding carboxylic acids is 1. The van der Waals surface area contributed by atoms with Crippen molar-refractivity contribution in [1.29, 1.82) is 0 Å². The summed E-state index contributed by atoms with van der Waals surface area (Å²) < 4.78 is 1.21. The second kappa shape index (κ2) is 5.23. The Morgan fingerprint density at radius 3 is 2.89 bits per heavy atom. The van der Waals surface area contributed by atoms with E-state index in [0.717, 1.165) is 4.88 Å². The number of thiophene rings is 1. The van der Waals surface area contributed by atoms with Crippen LogP contribution in [0.15, 0.2) is 17.5 Å². The Labute approximate surface area is 113 Å². The highest BCUT2D eigenvalue weighted by molar-refractivity contribution is 7.13. The maximum absolute atomic E-state index is 11.2. The van der Waals surface area contributed by atoms with Gasteiger partial charge in [-0.05, 0) is 17.9 Å². The predicted molar refractivity (Wildman–Crippen MR) is 72.3 cm³/mol. The van der Waals surface area contributed by atoms with Crippen LogP contribution >= 0.6 is 11.3 Å². The lowest BCUT2D eigenvalue weighted by Gasteiger charge is -2.11. The summed E-state index contributed by atoms with van der Waals surface area (Å²) in [5.74, 6) is -0.931. The van der Waals surface area contributed by atoms with Gasteiger partial charge in [0.2, 0.25) is 0 Å². The van der Waals surface area contributed by atoms with Crippen LogP contribution < -0.4 is 5.73 Å². The Morgan fingerprint density at radius 2 is 2.42 bits per heavy atom. The molecule has 2 aromatic heterocycles. The summed E-state index contributed by atoms with van der Waals surface area (Å²) in [6.07, 6.45) is 0.950. The average Bonchev–Trinajstić information content (AvgIpc) is 2.98. The second-order valence-corrected chi connectivity index (χ2v) is 4.90. The number of anilines is 1. The molecule has 0 aliphatic carbocycles. The molecule has 1 atom stereocenters. The standard InChI is InChI=1S/C12H13N3O3S/c1-2-8(12(17)18)15-11(13)7(6-16)10(14-15)9-4-3-5-19-9/h3-6,8H,2,13H2,1H3,(H,17,18). The van der Waals surface area contributed by atoms with Crippen LogP contribution in [0.25, 0.3) is 10.6 Å². The maximum atomic E-state index is 11.2. The minimum atomic E-state index is -1.02. The molecule has 6 nitrogen and oxygen atoms in total. The van der Waals surface area contributed by atoms with E-state index in [1.54, 1.807) is 6.92 Å². The van der Waals surface area contributed by atoms with E-state index in [1.807, 2.05) is 17.5 Å². The molecule has 2 rings (SSSR count). The molecule has 0 aliphatic rings. The highest BCUT2D eigenvalue weighted by atomic mass is 32.1. The molecule has 2 heterocycles. The summed E-state index contributed by atoms with van der Waals surface area (Å²) in [5, 5.41) is 15.2. The first kappa shape index (κ1) is 13.3. The van der Waals surface area contributed by atoms with Crippen LogP contribution in [0.4, 0.5) is 5.82 Å². The van der Waals surface area contributed by atoms with Gasteiger partial charge in [0.05, 0.1) is 10.4 Å². The second-order valence-electron chi connectivity index (χ2n) is 3.95. The van der Waals surface area contributed by atoms with Crippen molar-refractivity contribution in [2.24, 2.45) is 0 Å². The number of hydrogen-bond acceptors (Lipinski definition) is 5. The fourth-order valence-electron chi connectivity index (χ4n) is 1.86. The van der Waals surface area contributed by atoms with Gasteiger partial charge in [-0.15, -0.1) is 11.3 Å². The zero-order chi connectivity index (χ0) is 14.0. The Hall–Kier alpha value is -2.15. The van der Waals surface area contributed by atoms with Crippen molar-refractivity contribution in [2.75, 3.05) is 5.73 Å². The fourth-order valence-corrected chi connectivity index (χ4v) is 2.58. The van der Waals surface area contributed by atoms with Gasteiger partial charge in [0, 0.05) is 0 Å². The van der Waals surface area contributed by atoms with Gasteiger partial charge >= 0.3 is 5.97 Å². The number of nitrogens with zero attached hydrogens (tertiary/aromatic N) is 2. The Balaban J connectivity index is 2.59. The quantitative estimate of drug-likeness (QED) is 0.816. The number of rotatable bonds is 5. The van der Waals surface area contributed by atoms with Gasteiger partial charge in [0.15, 0.2) is 12.3 Å². The van der Waals surface area contributed by atoms with Crippen LogP contribution in [-0.4, -0.2) is 27.1 Å². The lowest BCUT2D eigenvalue weighted by atomic mass is 10.2. The molecule has 0 saturated carbocycles. The molecule has 1 unspecified atom stereocenters. The lowest BCUT2D eigenvalue weighted by molar-refractivity contribution is -0.141. The summed E-state index contributed by atoms with van der Waals surface area (Å²) in [7, 11) is 0. The van der Waals surface area contributed by atoms with Crippen LogP contribution in [0.5, 0.6) is 0 Å². The van der Waals surface area contributed by atoms with Gasteiger partial charge in [0.25, 0.3) is 0 Å². The van der Waals surface area contributed by atoms with Crippen LogP contribution in [0, 0.1) is 0 Å². The third kappa shape index (κ3) is 2.24. The molecule has 0 aliphatic heterocycles. The number of aromatic nitrogens is 2. The van der Waals surface area contributed by atoms with E-state index in [0.29, 0.717) is 18.4 Å². The summed E-state index contributed by atoms with van der Waals surface area (Å²) >= 11 is 1.42. The molecule has 0 radical (unpaired) electrons. The molecule has 0 spiro atoms.